The largest absolute Gasteiger partial charge is 0.437 e. The van der Waals surface area contributed by atoms with Crippen molar-refractivity contribution in [2.75, 3.05) is 0 Å². The van der Waals surface area contributed by atoms with Gasteiger partial charge in [0.2, 0.25) is 5.88 Å². The zero-order valence-electron chi connectivity index (χ0n) is 11.9. The molecule has 0 bridgehead atoms. The van der Waals surface area contributed by atoms with Crippen LogP contribution in [0.3, 0.4) is 0 Å². The number of benzene rings is 1. The molecular weight excluding hydrogens is 340 g/mol. The quantitative estimate of drug-likeness (QED) is 0.686. The number of ether oxygens (including phenoxy) is 1. The Bertz CT molecular complexity index is 638. The van der Waals surface area contributed by atoms with E-state index in [1.165, 1.54) is 0 Å². The summed E-state index contributed by atoms with van der Waals surface area (Å²) in [6.07, 6.45) is 0. The molecule has 0 aliphatic heterocycles. The SMILES string of the molecule is Cc1ccc(Oc2cc(Br)nc(C(C)(C)C)n2)c(Cl)c1. The summed E-state index contributed by atoms with van der Waals surface area (Å²) in [6.45, 7) is 8.14. The lowest BCUT2D eigenvalue weighted by molar-refractivity contribution is 0.444. The second-order valence-electron chi connectivity index (χ2n) is 5.64. The Morgan fingerprint density at radius 3 is 2.45 bits per heavy atom. The standard InChI is InChI=1S/C15H16BrClN2O/c1-9-5-6-11(10(17)7-9)20-13-8-12(16)18-14(19-13)15(2,3)4/h5-8H,1-4H3. The number of halogens is 2. The maximum atomic E-state index is 6.17. The minimum absolute atomic E-state index is 0.154. The Hall–Kier alpha value is -1.13. The van der Waals surface area contributed by atoms with Crippen molar-refractivity contribution in [1.29, 1.82) is 0 Å². The fraction of sp³-hybridized carbons (Fsp3) is 0.333. The molecule has 0 aliphatic rings. The zero-order valence-corrected chi connectivity index (χ0v) is 14.2. The number of rotatable bonds is 2. The van der Waals surface area contributed by atoms with Crippen LogP contribution in [0.1, 0.15) is 32.2 Å². The molecule has 0 saturated carbocycles. The van der Waals surface area contributed by atoms with E-state index in [2.05, 4.69) is 46.7 Å². The van der Waals surface area contributed by atoms with Crippen molar-refractivity contribution in [3.05, 3.63) is 45.3 Å². The minimum Gasteiger partial charge on any atom is -0.437 e. The van der Waals surface area contributed by atoms with Gasteiger partial charge in [-0.15, -0.1) is 0 Å². The molecule has 0 aliphatic carbocycles. The third-order valence-electron chi connectivity index (χ3n) is 2.64. The lowest BCUT2D eigenvalue weighted by Crippen LogP contribution is -2.16. The van der Waals surface area contributed by atoms with Crippen molar-refractivity contribution < 1.29 is 4.74 Å². The maximum Gasteiger partial charge on any atom is 0.223 e. The van der Waals surface area contributed by atoms with Crippen LogP contribution in [0.25, 0.3) is 0 Å². The third kappa shape index (κ3) is 3.70. The van der Waals surface area contributed by atoms with E-state index in [0.29, 0.717) is 27.1 Å². The van der Waals surface area contributed by atoms with E-state index >= 15 is 0 Å². The molecular formula is C15H16BrClN2O. The van der Waals surface area contributed by atoms with Gasteiger partial charge < -0.3 is 4.74 Å². The molecule has 5 heteroatoms. The van der Waals surface area contributed by atoms with Gasteiger partial charge in [0.1, 0.15) is 16.2 Å². The number of hydrogen-bond donors (Lipinski definition) is 0. The van der Waals surface area contributed by atoms with Gasteiger partial charge in [-0.05, 0) is 40.5 Å². The first kappa shape index (κ1) is 15.3. The molecule has 1 aromatic heterocycles. The summed E-state index contributed by atoms with van der Waals surface area (Å²) in [5.74, 6) is 1.77. The molecule has 20 heavy (non-hydrogen) atoms. The van der Waals surface area contributed by atoms with Crippen molar-refractivity contribution >= 4 is 27.5 Å². The molecule has 0 radical (unpaired) electrons. The van der Waals surface area contributed by atoms with E-state index < -0.39 is 0 Å². The first-order valence-corrected chi connectivity index (χ1v) is 7.42. The van der Waals surface area contributed by atoms with Gasteiger partial charge in [-0.3, -0.25) is 0 Å². The summed E-state index contributed by atoms with van der Waals surface area (Å²) in [5.41, 5.74) is 0.931. The summed E-state index contributed by atoms with van der Waals surface area (Å²) in [5, 5.41) is 0.567. The lowest BCUT2D eigenvalue weighted by Gasteiger charge is -2.17. The van der Waals surface area contributed by atoms with Crippen LogP contribution in [-0.4, -0.2) is 9.97 Å². The van der Waals surface area contributed by atoms with Crippen molar-refractivity contribution in [3.63, 3.8) is 0 Å². The normalized spacial score (nSPS) is 11.5. The Labute approximate surface area is 132 Å². The molecule has 1 aromatic carbocycles. The van der Waals surface area contributed by atoms with Crippen LogP contribution in [-0.2, 0) is 5.41 Å². The topological polar surface area (TPSA) is 35.0 Å². The van der Waals surface area contributed by atoms with Crippen molar-refractivity contribution in [2.45, 2.75) is 33.1 Å². The highest BCUT2D eigenvalue weighted by Gasteiger charge is 2.19. The molecule has 1 heterocycles. The van der Waals surface area contributed by atoms with Gasteiger partial charge >= 0.3 is 0 Å². The predicted octanol–water partition coefficient (Wildman–Crippen LogP) is 5.29. The van der Waals surface area contributed by atoms with Gasteiger partial charge in [-0.1, -0.05) is 38.4 Å². The first-order valence-electron chi connectivity index (χ1n) is 6.25. The van der Waals surface area contributed by atoms with Gasteiger partial charge in [0.25, 0.3) is 0 Å². The van der Waals surface area contributed by atoms with Gasteiger partial charge in [-0.2, -0.15) is 4.98 Å². The summed E-state index contributed by atoms with van der Waals surface area (Å²) >= 11 is 9.55. The lowest BCUT2D eigenvalue weighted by atomic mass is 9.96. The molecule has 2 rings (SSSR count). The molecule has 0 amide bonds. The molecule has 0 saturated heterocycles. The first-order chi connectivity index (χ1) is 9.25. The summed E-state index contributed by atoms with van der Waals surface area (Å²) in [4.78, 5) is 8.82. The number of nitrogens with zero attached hydrogens (tertiary/aromatic N) is 2. The predicted molar refractivity (Wildman–Crippen MR) is 84.7 cm³/mol. The molecule has 0 atom stereocenters. The van der Waals surface area contributed by atoms with Crippen LogP contribution >= 0.6 is 27.5 Å². The fourth-order valence-electron chi connectivity index (χ4n) is 1.59. The Morgan fingerprint density at radius 2 is 1.85 bits per heavy atom. The van der Waals surface area contributed by atoms with Crippen molar-refractivity contribution in [3.8, 4) is 11.6 Å². The van der Waals surface area contributed by atoms with E-state index in [9.17, 15) is 0 Å². The fourth-order valence-corrected chi connectivity index (χ4v) is 2.22. The smallest absolute Gasteiger partial charge is 0.223 e. The molecule has 0 fully saturated rings. The summed E-state index contributed by atoms with van der Waals surface area (Å²) < 4.78 is 6.46. The van der Waals surface area contributed by atoms with Crippen LogP contribution in [0.5, 0.6) is 11.6 Å². The summed E-state index contributed by atoms with van der Waals surface area (Å²) in [6, 6.07) is 7.37. The van der Waals surface area contributed by atoms with E-state index in [1.807, 2.05) is 25.1 Å². The van der Waals surface area contributed by atoms with E-state index in [0.717, 1.165) is 5.56 Å². The highest BCUT2D eigenvalue weighted by atomic mass is 79.9. The van der Waals surface area contributed by atoms with Gasteiger partial charge in [0, 0.05) is 11.5 Å². The molecule has 0 N–H and O–H groups in total. The molecule has 0 unspecified atom stereocenters. The van der Waals surface area contributed by atoms with Crippen LogP contribution in [0.2, 0.25) is 5.02 Å². The number of aromatic nitrogens is 2. The highest BCUT2D eigenvalue weighted by Crippen LogP contribution is 2.31. The number of aryl methyl sites for hydroxylation is 1. The summed E-state index contributed by atoms with van der Waals surface area (Å²) in [7, 11) is 0. The van der Waals surface area contributed by atoms with Crippen LogP contribution in [0.15, 0.2) is 28.9 Å². The highest BCUT2D eigenvalue weighted by molar-refractivity contribution is 9.10. The Balaban J connectivity index is 2.36. The molecule has 106 valence electrons. The minimum atomic E-state index is -0.154. The average molecular weight is 356 g/mol. The van der Waals surface area contributed by atoms with Gasteiger partial charge in [-0.25, -0.2) is 4.98 Å². The van der Waals surface area contributed by atoms with E-state index in [1.54, 1.807) is 6.07 Å². The second kappa shape index (κ2) is 5.70. The number of hydrogen-bond acceptors (Lipinski definition) is 3. The average Bonchev–Trinajstić information content (AvgIpc) is 2.31. The second-order valence-corrected chi connectivity index (χ2v) is 6.86. The molecule has 0 spiro atoms. The maximum absolute atomic E-state index is 6.17. The third-order valence-corrected chi connectivity index (χ3v) is 3.35. The Kier molecular flexibility index (Phi) is 4.35. The molecule has 2 aromatic rings. The van der Waals surface area contributed by atoms with Crippen molar-refractivity contribution in [2.24, 2.45) is 0 Å². The van der Waals surface area contributed by atoms with E-state index in [4.69, 9.17) is 16.3 Å². The molecule has 3 nitrogen and oxygen atoms in total. The zero-order chi connectivity index (χ0) is 14.9. The van der Waals surface area contributed by atoms with Gasteiger partial charge in [0.15, 0.2) is 0 Å². The van der Waals surface area contributed by atoms with Gasteiger partial charge in [0.05, 0.1) is 5.02 Å². The van der Waals surface area contributed by atoms with E-state index in [-0.39, 0.29) is 5.41 Å². The monoisotopic (exact) mass is 354 g/mol. The van der Waals surface area contributed by atoms with Crippen LogP contribution in [0.4, 0.5) is 0 Å². The van der Waals surface area contributed by atoms with Crippen LogP contribution < -0.4 is 4.74 Å². The van der Waals surface area contributed by atoms with Crippen molar-refractivity contribution in [1.82, 2.24) is 9.97 Å². The van der Waals surface area contributed by atoms with Crippen LogP contribution in [0, 0.1) is 6.92 Å². The Morgan fingerprint density at radius 1 is 1.15 bits per heavy atom.